The van der Waals surface area contributed by atoms with Crippen molar-refractivity contribution in [3.05, 3.63) is 41.8 Å². The summed E-state index contributed by atoms with van der Waals surface area (Å²) in [4.78, 5) is 0. The van der Waals surface area contributed by atoms with Gasteiger partial charge in [-0.1, -0.05) is 30.3 Å². The Morgan fingerprint density at radius 1 is 1.22 bits per heavy atom. The van der Waals surface area contributed by atoms with Gasteiger partial charge in [-0.25, -0.2) is 0 Å². The van der Waals surface area contributed by atoms with E-state index in [2.05, 4.69) is 12.1 Å². The molecule has 0 saturated heterocycles. The van der Waals surface area contributed by atoms with Crippen molar-refractivity contribution < 1.29 is 0 Å². The highest BCUT2D eigenvalue weighted by Gasteiger charge is 1.86. The van der Waals surface area contributed by atoms with Gasteiger partial charge in [0.1, 0.15) is 0 Å². The van der Waals surface area contributed by atoms with Crippen molar-refractivity contribution in [2.75, 3.05) is 0 Å². The molecule has 0 aromatic heterocycles. The van der Waals surface area contributed by atoms with Crippen molar-refractivity contribution in [3.8, 4) is 0 Å². The average Bonchev–Trinajstić information content (AvgIpc) is 1.91. The summed E-state index contributed by atoms with van der Waals surface area (Å²) < 4.78 is 0. The van der Waals surface area contributed by atoms with Crippen LogP contribution in [0.2, 0.25) is 0 Å². The number of rotatable bonds is 2. The molecule has 47 valence electrons. The van der Waals surface area contributed by atoms with Crippen molar-refractivity contribution in [2.45, 2.75) is 6.42 Å². The summed E-state index contributed by atoms with van der Waals surface area (Å²) in [6.45, 7) is 0. The molecule has 0 N–H and O–H groups in total. The predicted molar refractivity (Wildman–Crippen MR) is 40.3 cm³/mol. The number of hydrogen-bond acceptors (Lipinski definition) is 0. The fourth-order valence-corrected chi connectivity index (χ4v) is 0.881. The highest BCUT2D eigenvalue weighted by molar-refractivity contribution is 6.23. The van der Waals surface area contributed by atoms with Crippen LogP contribution in [0.4, 0.5) is 0 Å². The molecule has 0 aliphatic heterocycles. The summed E-state index contributed by atoms with van der Waals surface area (Å²) in [6.07, 6.45) is 0.850. The maximum absolute atomic E-state index is 5.41. The van der Waals surface area contributed by atoms with Crippen molar-refractivity contribution >= 4 is 11.6 Å². The summed E-state index contributed by atoms with van der Waals surface area (Å²) >= 11 is 5.41. The Kier molecular flexibility index (Phi) is 2.59. The third-order valence-corrected chi connectivity index (χ3v) is 1.31. The van der Waals surface area contributed by atoms with Crippen LogP contribution in [-0.2, 0) is 6.42 Å². The predicted octanol–water partition coefficient (Wildman–Crippen LogP) is 2.63. The van der Waals surface area contributed by atoms with Gasteiger partial charge in [0.2, 0.25) is 0 Å². The maximum Gasteiger partial charge on any atom is 0.0543 e. The van der Waals surface area contributed by atoms with E-state index in [4.69, 9.17) is 11.6 Å². The van der Waals surface area contributed by atoms with Crippen LogP contribution in [-0.4, -0.2) is 0 Å². The van der Waals surface area contributed by atoms with Crippen LogP contribution in [0.15, 0.2) is 30.3 Å². The molecule has 0 bridgehead atoms. The second-order valence-electron chi connectivity index (χ2n) is 1.84. The van der Waals surface area contributed by atoms with Gasteiger partial charge in [-0.15, -0.1) is 11.6 Å². The van der Waals surface area contributed by atoms with E-state index >= 15 is 0 Å². The van der Waals surface area contributed by atoms with Gasteiger partial charge in [-0.05, 0) is 12.0 Å². The molecule has 1 heteroatoms. The molecule has 1 aromatic carbocycles. The van der Waals surface area contributed by atoms with E-state index in [1.54, 1.807) is 5.88 Å². The van der Waals surface area contributed by atoms with Crippen LogP contribution < -0.4 is 0 Å². The number of hydrogen-bond donors (Lipinski definition) is 0. The standard InChI is InChI=1S/C8H8Cl/c9-7-6-8-4-2-1-3-5-8/h1-5,7H,6H2. The lowest BCUT2D eigenvalue weighted by molar-refractivity contribution is 1.24. The first kappa shape index (κ1) is 6.63. The van der Waals surface area contributed by atoms with Crippen molar-refractivity contribution in [1.82, 2.24) is 0 Å². The smallest absolute Gasteiger partial charge is 0.0543 e. The minimum atomic E-state index is 0.850. The fraction of sp³-hybridized carbons (Fsp3) is 0.125. The molecule has 0 nitrogen and oxygen atoms in total. The van der Waals surface area contributed by atoms with Gasteiger partial charge >= 0.3 is 0 Å². The van der Waals surface area contributed by atoms with Crippen molar-refractivity contribution in [2.24, 2.45) is 0 Å². The molecule has 0 amide bonds. The minimum Gasteiger partial charge on any atom is -0.121 e. The van der Waals surface area contributed by atoms with Gasteiger partial charge in [0.15, 0.2) is 0 Å². The van der Waals surface area contributed by atoms with E-state index in [0.717, 1.165) is 6.42 Å². The van der Waals surface area contributed by atoms with Gasteiger partial charge in [0.25, 0.3) is 0 Å². The number of halogens is 1. The van der Waals surface area contributed by atoms with E-state index in [1.165, 1.54) is 5.56 Å². The van der Waals surface area contributed by atoms with E-state index in [1.807, 2.05) is 18.2 Å². The Hall–Kier alpha value is -0.490. The summed E-state index contributed by atoms with van der Waals surface area (Å²) in [7, 11) is 0. The normalized spacial score (nSPS) is 9.44. The molecule has 1 radical (unpaired) electrons. The zero-order chi connectivity index (χ0) is 6.53. The van der Waals surface area contributed by atoms with Gasteiger partial charge in [0.05, 0.1) is 5.88 Å². The summed E-state index contributed by atoms with van der Waals surface area (Å²) in [6, 6.07) is 10.1. The highest BCUT2D eigenvalue weighted by Crippen LogP contribution is 2.02. The molecular weight excluding hydrogens is 132 g/mol. The molecule has 0 unspecified atom stereocenters. The Labute approximate surface area is 60.5 Å². The zero-order valence-corrected chi connectivity index (χ0v) is 5.81. The van der Waals surface area contributed by atoms with Gasteiger partial charge in [-0.3, -0.25) is 0 Å². The Bertz CT molecular complexity index is 157. The molecule has 0 aliphatic carbocycles. The Balaban J connectivity index is 2.61. The zero-order valence-electron chi connectivity index (χ0n) is 5.05. The fourth-order valence-electron chi connectivity index (χ4n) is 0.703. The van der Waals surface area contributed by atoms with E-state index in [0.29, 0.717) is 0 Å². The molecule has 0 spiro atoms. The van der Waals surface area contributed by atoms with E-state index < -0.39 is 0 Å². The average molecular weight is 140 g/mol. The van der Waals surface area contributed by atoms with Crippen LogP contribution >= 0.6 is 11.6 Å². The molecule has 1 rings (SSSR count). The molecule has 0 aliphatic rings. The molecule has 0 fully saturated rings. The van der Waals surface area contributed by atoms with Crippen LogP contribution in [0.25, 0.3) is 0 Å². The van der Waals surface area contributed by atoms with Crippen LogP contribution in [0.5, 0.6) is 0 Å². The van der Waals surface area contributed by atoms with E-state index in [9.17, 15) is 0 Å². The maximum atomic E-state index is 5.41. The Morgan fingerprint density at radius 3 is 2.44 bits per heavy atom. The molecular formula is C8H8Cl. The second-order valence-corrected chi connectivity index (χ2v) is 2.15. The van der Waals surface area contributed by atoms with Gasteiger partial charge in [0, 0.05) is 0 Å². The lowest BCUT2D eigenvalue weighted by atomic mass is 10.2. The largest absolute Gasteiger partial charge is 0.121 e. The van der Waals surface area contributed by atoms with Gasteiger partial charge < -0.3 is 0 Å². The van der Waals surface area contributed by atoms with Crippen LogP contribution in [0.1, 0.15) is 5.56 Å². The quantitative estimate of drug-likeness (QED) is 0.591. The summed E-state index contributed by atoms with van der Waals surface area (Å²) in [5, 5.41) is 0. The molecule has 1 aromatic rings. The van der Waals surface area contributed by atoms with Crippen LogP contribution in [0.3, 0.4) is 0 Å². The SMILES string of the molecule is Cl[CH]Cc1ccccc1. The van der Waals surface area contributed by atoms with Crippen molar-refractivity contribution in [1.29, 1.82) is 0 Å². The molecule has 0 atom stereocenters. The summed E-state index contributed by atoms with van der Waals surface area (Å²) in [5.41, 5.74) is 1.26. The number of benzene rings is 1. The van der Waals surface area contributed by atoms with E-state index in [-0.39, 0.29) is 0 Å². The second kappa shape index (κ2) is 3.52. The third kappa shape index (κ3) is 2.06. The highest BCUT2D eigenvalue weighted by atomic mass is 35.5. The summed E-state index contributed by atoms with van der Waals surface area (Å²) in [5.74, 6) is 1.63. The van der Waals surface area contributed by atoms with Crippen LogP contribution in [0, 0.1) is 5.88 Å². The molecule has 0 heterocycles. The minimum absolute atomic E-state index is 0.850. The monoisotopic (exact) mass is 139 g/mol. The Morgan fingerprint density at radius 2 is 1.89 bits per heavy atom. The van der Waals surface area contributed by atoms with Gasteiger partial charge in [-0.2, -0.15) is 0 Å². The first-order valence-corrected chi connectivity index (χ1v) is 3.33. The molecule has 0 saturated carbocycles. The lowest BCUT2D eigenvalue weighted by Gasteiger charge is -1.92. The molecule has 9 heavy (non-hydrogen) atoms. The first-order valence-electron chi connectivity index (χ1n) is 2.89. The first-order chi connectivity index (χ1) is 4.43. The topological polar surface area (TPSA) is 0 Å². The third-order valence-electron chi connectivity index (χ3n) is 1.16. The van der Waals surface area contributed by atoms with Crippen molar-refractivity contribution in [3.63, 3.8) is 0 Å². The lowest BCUT2D eigenvalue weighted by Crippen LogP contribution is -1.78.